The second-order valence-corrected chi connectivity index (χ2v) is 4.51. The van der Waals surface area contributed by atoms with Crippen molar-refractivity contribution in [3.63, 3.8) is 0 Å². The summed E-state index contributed by atoms with van der Waals surface area (Å²) >= 11 is 3.36. The van der Waals surface area contributed by atoms with Gasteiger partial charge >= 0.3 is 5.97 Å². The molecule has 2 aromatic heterocycles. The van der Waals surface area contributed by atoms with E-state index in [4.69, 9.17) is 0 Å². The van der Waals surface area contributed by atoms with Gasteiger partial charge in [0.15, 0.2) is 0 Å². The summed E-state index contributed by atoms with van der Waals surface area (Å²) in [4.78, 5) is 11.2. The topological polar surface area (TPSA) is 54.6 Å². The van der Waals surface area contributed by atoms with Gasteiger partial charge in [0.25, 0.3) is 0 Å². The summed E-state index contributed by atoms with van der Waals surface area (Å²) in [5.74, 6) is -0.927. The fourth-order valence-corrected chi connectivity index (χ4v) is 2.34. The van der Waals surface area contributed by atoms with Crippen LogP contribution in [0.2, 0.25) is 0 Å². The van der Waals surface area contributed by atoms with Crippen LogP contribution in [0.15, 0.2) is 16.6 Å². The molecule has 16 heavy (non-hydrogen) atoms. The van der Waals surface area contributed by atoms with Crippen LogP contribution in [0.4, 0.5) is 0 Å². The fraction of sp³-hybridized carbons (Fsp3) is 0.273. The van der Waals surface area contributed by atoms with Crippen molar-refractivity contribution >= 4 is 27.4 Å². The number of halogens is 1. The van der Waals surface area contributed by atoms with Crippen LogP contribution in [-0.2, 0) is 6.42 Å². The van der Waals surface area contributed by atoms with Crippen LogP contribution in [0.5, 0.6) is 0 Å². The first-order valence-corrected chi connectivity index (χ1v) is 5.75. The van der Waals surface area contributed by atoms with E-state index >= 15 is 0 Å². The highest BCUT2D eigenvalue weighted by molar-refractivity contribution is 9.10. The van der Waals surface area contributed by atoms with Crippen molar-refractivity contribution in [1.29, 1.82) is 0 Å². The maximum absolute atomic E-state index is 11.2. The van der Waals surface area contributed by atoms with Crippen LogP contribution in [0.1, 0.15) is 28.7 Å². The van der Waals surface area contributed by atoms with Crippen molar-refractivity contribution < 1.29 is 9.90 Å². The van der Waals surface area contributed by atoms with E-state index in [0.29, 0.717) is 23.2 Å². The van der Waals surface area contributed by atoms with Gasteiger partial charge < -0.3 is 5.11 Å². The Morgan fingerprint density at radius 3 is 2.81 bits per heavy atom. The number of nitrogens with zero attached hydrogens (tertiary/aromatic N) is 2. The molecule has 0 aliphatic rings. The van der Waals surface area contributed by atoms with E-state index in [1.54, 1.807) is 10.6 Å². The minimum atomic E-state index is -0.927. The van der Waals surface area contributed by atoms with Crippen molar-refractivity contribution in [3.05, 3.63) is 33.6 Å². The first-order chi connectivity index (χ1) is 7.54. The van der Waals surface area contributed by atoms with Crippen molar-refractivity contribution in [3.8, 4) is 0 Å². The predicted octanol–water partition coefficient (Wildman–Crippen LogP) is 2.67. The molecule has 2 heterocycles. The molecule has 0 aliphatic carbocycles. The fourth-order valence-electron chi connectivity index (χ4n) is 1.79. The summed E-state index contributed by atoms with van der Waals surface area (Å²) in [7, 11) is 0. The van der Waals surface area contributed by atoms with Gasteiger partial charge in [-0.25, -0.2) is 9.31 Å². The van der Waals surface area contributed by atoms with Gasteiger partial charge in [0.2, 0.25) is 0 Å². The van der Waals surface area contributed by atoms with Gasteiger partial charge in [0.05, 0.1) is 11.2 Å². The van der Waals surface area contributed by atoms with Crippen molar-refractivity contribution in [2.24, 2.45) is 0 Å². The summed E-state index contributed by atoms with van der Waals surface area (Å²) in [5, 5.41) is 13.5. The average molecular weight is 283 g/mol. The number of carbonyl (C=O) groups is 1. The molecule has 4 nitrogen and oxygen atoms in total. The first kappa shape index (κ1) is 11.1. The third kappa shape index (κ3) is 1.61. The second-order valence-electron chi connectivity index (χ2n) is 3.59. The van der Waals surface area contributed by atoms with Gasteiger partial charge in [-0.2, -0.15) is 5.10 Å². The third-order valence-electron chi connectivity index (χ3n) is 2.50. The number of aromatic nitrogens is 2. The van der Waals surface area contributed by atoms with Gasteiger partial charge in [0.1, 0.15) is 5.56 Å². The van der Waals surface area contributed by atoms with E-state index in [0.717, 1.165) is 10.2 Å². The maximum atomic E-state index is 11.2. The molecule has 0 saturated heterocycles. The molecule has 0 bridgehead atoms. The molecule has 0 aliphatic heterocycles. The van der Waals surface area contributed by atoms with Gasteiger partial charge in [-0.1, -0.05) is 22.9 Å². The standard InChI is InChI=1S/C11H11BrN2O2/c1-3-8-10(11(15)16)9-5-7(12)4-6(2)14(9)13-8/h4-5H,3H2,1-2H3,(H,15,16). The predicted molar refractivity (Wildman–Crippen MR) is 64.0 cm³/mol. The monoisotopic (exact) mass is 282 g/mol. The molecule has 0 amide bonds. The molecular formula is C11H11BrN2O2. The highest BCUT2D eigenvalue weighted by Gasteiger charge is 2.18. The largest absolute Gasteiger partial charge is 0.478 e. The quantitative estimate of drug-likeness (QED) is 0.921. The molecule has 2 rings (SSSR count). The van der Waals surface area contributed by atoms with Crippen molar-refractivity contribution in [1.82, 2.24) is 9.61 Å². The van der Waals surface area contributed by atoms with Crippen molar-refractivity contribution in [2.75, 3.05) is 0 Å². The van der Waals surface area contributed by atoms with Gasteiger partial charge in [0, 0.05) is 10.2 Å². The van der Waals surface area contributed by atoms with Crippen LogP contribution in [0.3, 0.4) is 0 Å². The summed E-state index contributed by atoms with van der Waals surface area (Å²) in [5.41, 5.74) is 2.46. The lowest BCUT2D eigenvalue weighted by molar-refractivity contribution is 0.0698. The summed E-state index contributed by atoms with van der Waals surface area (Å²) in [6.07, 6.45) is 0.611. The Balaban J connectivity index is 2.89. The SMILES string of the molecule is CCc1nn2c(C)cc(Br)cc2c1C(=O)O. The summed E-state index contributed by atoms with van der Waals surface area (Å²) in [6, 6.07) is 3.69. The van der Waals surface area contributed by atoms with Gasteiger partial charge in [-0.05, 0) is 25.5 Å². The van der Waals surface area contributed by atoms with Crippen LogP contribution in [0, 0.1) is 6.92 Å². The maximum Gasteiger partial charge on any atom is 0.339 e. The van der Waals surface area contributed by atoms with Gasteiger partial charge in [-0.15, -0.1) is 0 Å². The Bertz CT molecular complexity index is 575. The zero-order chi connectivity index (χ0) is 11.9. The van der Waals surface area contributed by atoms with E-state index in [1.165, 1.54) is 0 Å². The normalized spacial score (nSPS) is 10.9. The smallest absolute Gasteiger partial charge is 0.339 e. The van der Waals surface area contributed by atoms with E-state index in [9.17, 15) is 9.90 Å². The van der Waals surface area contributed by atoms with Crippen LogP contribution in [-0.4, -0.2) is 20.7 Å². The van der Waals surface area contributed by atoms with Crippen LogP contribution < -0.4 is 0 Å². The number of hydrogen-bond acceptors (Lipinski definition) is 2. The molecule has 84 valence electrons. The van der Waals surface area contributed by atoms with E-state index in [2.05, 4.69) is 21.0 Å². The van der Waals surface area contributed by atoms with Crippen LogP contribution >= 0.6 is 15.9 Å². The summed E-state index contributed by atoms with van der Waals surface area (Å²) in [6.45, 7) is 3.80. The Morgan fingerprint density at radius 1 is 1.56 bits per heavy atom. The minimum absolute atomic E-state index is 0.298. The number of pyridine rings is 1. The molecule has 0 radical (unpaired) electrons. The molecule has 1 N–H and O–H groups in total. The molecule has 0 fully saturated rings. The Morgan fingerprint density at radius 2 is 2.25 bits per heavy atom. The zero-order valence-electron chi connectivity index (χ0n) is 8.99. The third-order valence-corrected chi connectivity index (χ3v) is 2.96. The number of hydrogen-bond donors (Lipinski definition) is 1. The Labute approximate surface area is 101 Å². The minimum Gasteiger partial charge on any atom is -0.478 e. The lowest BCUT2D eigenvalue weighted by Crippen LogP contribution is -1.99. The molecule has 0 aromatic carbocycles. The first-order valence-electron chi connectivity index (χ1n) is 4.95. The molecule has 2 aromatic rings. The number of aromatic carboxylic acids is 1. The number of aryl methyl sites for hydroxylation is 2. The lowest BCUT2D eigenvalue weighted by Gasteiger charge is -2.00. The highest BCUT2D eigenvalue weighted by Crippen LogP contribution is 2.22. The number of carboxylic acids is 1. The zero-order valence-corrected chi connectivity index (χ0v) is 10.6. The number of rotatable bonds is 2. The molecular weight excluding hydrogens is 272 g/mol. The Hall–Kier alpha value is -1.36. The summed E-state index contributed by atoms with van der Waals surface area (Å²) < 4.78 is 2.54. The Kier molecular flexibility index (Phi) is 2.71. The highest BCUT2D eigenvalue weighted by atomic mass is 79.9. The van der Waals surface area contributed by atoms with Gasteiger partial charge in [-0.3, -0.25) is 0 Å². The average Bonchev–Trinajstić information content (AvgIpc) is 2.56. The molecule has 0 atom stereocenters. The number of fused-ring (bicyclic) bond motifs is 1. The van der Waals surface area contributed by atoms with Crippen molar-refractivity contribution in [2.45, 2.75) is 20.3 Å². The van der Waals surface area contributed by atoms with E-state index < -0.39 is 5.97 Å². The van der Waals surface area contributed by atoms with Crippen LogP contribution in [0.25, 0.3) is 5.52 Å². The van der Waals surface area contributed by atoms with E-state index in [1.807, 2.05) is 19.9 Å². The molecule has 0 spiro atoms. The molecule has 0 unspecified atom stereocenters. The lowest BCUT2D eigenvalue weighted by atomic mass is 10.1. The van der Waals surface area contributed by atoms with E-state index in [-0.39, 0.29) is 0 Å². The number of carboxylic acid groups (broad SMARTS) is 1. The second kappa shape index (κ2) is 3.90. The molecule has 5 heteroatoms. The molecule has 0 saturated carbocycles.